The minimum atomic E-state index is -0.396. The van der Waals surface area contributed by atoms with Crippen molar-refractivity contribution in [3.05, 3.63) is 35.9 Å². The van der Waals surface area contributed by atoms with E-state index in [1.165, 1.54) is 5.56 Å². The first-order valence-corrected chi connectivity index (χ1v) is 6.08. The zero-order valence-electron chi connectivity index (χ0n) is 10.3. The molecule has 1 saturated heterocycles. The van der Waals surface area contributed by atoms with Crippen molar-refractivity contribution in [3.8, 4) is 6.07 Å². The molecular formula is C14H19N3. The fraction of sp³-hybridized carbons (Fsp3) is 0.500. The second kappa shape index (κ2) is 4.87. The first kappa shape index (κ1) is 12.1. The van der Waals surface area contributed by atoms with Crippen LogP contribution in [-0.4, -0.2) is 30.1 Å². The van der Waals surface area contributed by atoms with E-state index in [0.29, 0.717) is 5.92 Å². The van der Waals surface area contributed by atoms with Crippen LogP contribution < -0.4 is 5.73 Å². The number of nitrogens with two attached hydrogens (primary N) is 1. The Hall–Kier alpha value is -1.37. The minimum absolute atomic E-state index is 0.396. The first-order valence-electron chi connectivity index (χ1n) is 6.08. The maximum Gasteiger partial charge on any atom is 0.110 e. The van der Waals surface area contributed by atoms with Crippen molar-refractivity contribution in [1.29, 1.82) is 5.26 Å². The number of nitriles is 1. The molecule has 3 nitrogen and oxygen atoms in total. The quantitative estimate of drug-likeness (QED) is 0.849. The first-order chi connectivity index (χ1) is 8.18. The molecule has 2 rings (SSSR count). The molecule has 0 spiro atoms. The molecule has 0 aliphatic carbocycles. The minimum Gasteiger partial charge on any atom is -0.330 e. The molecule has 0 saturated carbocycles. The Bertz CT molecular complexity index is 403. The molecule has 2 N–H and O–H groups in total. The van der Waals surface area contributed by atoms with Crippen LogP contribution in [0.2, 0.25) is 0 Å². The van der Waals surface area contributed by atoms with E-state index < -0.39 is 5.54 Å². The number of likely N-dealkylation sites (tertiary alicyclic amines) is 1. The molecular weight excluding hydrogens is 210 g/mol. The predicted octanol–water partition coefficient (Wildman–Crippen LogP) is 1.40. The molecule has 1 fully saturated rings. The fourth-order valence-corrected chi connectivity index (χ4v) is 2.34. The van der Waals surface area contributed by atoms with Crippen LogP contribution >= 0.6 is 0 Å². The Morgan fingerprint density at radius 2 is 2.06 bits per heavy atom. The maximum atomic E-state index is 9.42. The normalized spacial score (nSPS) is 20.3. The van der Waals surface area contributed by atoms with Crippen LogP contribution in [0.3, 0.4) is 0 Å². The lowest BCUT2D eigenvalue weighted by Gasteiger charge is -2.47. The topological polar surface area (TPSA) is 53.0 Å². The van der Waals surface area contributed by atoms with Gasteiger partial charge in [0.25, 0.3) is 0 Å². The van der Waals surface area contributed by atoms with Crippen LogP contribution in [-0.2, 0) is 6.42 Å². The summed E-state index contributed by atoms with van der Waals surface area (Å²) in [6.07, 6.45) is 0.779. The summed E-state index contributed by atoms with van der Waals surface area (Å²) in [6, 6.07) is 12.7. The van der Waals surface area contributed by atoms with E-state index in [4.69, 9.17) is 5.73 Å². The van der Waals surface area contributed by atoms with E-state index in [0.717, 1.165) is 26.1 Å². The van der Waals surface area contributed by atoms with Crippen molar-refractivity contribution in [1.82, 2.24) is 4.90 Å². The smallest absolute Gasteiger partial charge is 0.110 e. The summed E-state index contributed by atoms with van der Waals surface area (Å²) in [5, 5.41) is 9.42. The summed E-state index contributed by atoms with van der Waals surface area (Å²) in [7, 11) is 0. The summed E-state index contributed by atoms with van der Waals surface area (Å²) in [5.74, 6) is 0.568. The lowest BCUT2D eigenvalue weighted by Crippen LogP contribution is -2.60. The average molecular weight is 229 g/mol. The van der Waals surface area contributed by atoms with Crippen LogP contribution in [0.1, 0.15) is 12.5 Å². The molecule has 1 atom stereocenters. The van der Waals surface area contributed by atoms with Gasteiger partial charge in [-0.05, 0) is 24.9 Å². The van der Waals surface area contributed by atoms with Gasteiger partial charge < -0.3 is 5.73 Å². The van der Waals surface area contributed by atoms with Gasteiger partial charge in [-0.15, -0.1) is 0 Å². The molecule has 1 aliphatic heterocycles. The average Bonchev–Trinajstić information content (AvgIpc) is 2.29. The Balaban J connectivity index is 2.04. The summed E-state index contributed by atoms with van der Waals surface area (Å²) in [4.78, 5) is 2.23. The Kier molecular flexibility index (Phi) is 3.46. The molecule has 3 heteroatoms. The standard InChI is InChI=1S/C14H19N3/c1-14(11-16,17-9-13(8-15)10-17)7-12-5-3-2-4-6-12/h2-6,13H,7-10,15H2,1H3/t14-/m1/s1. The highest BCUT2D eigenvalue weighted by Gasteiger charge is 2.39. The van der Waals surface area contributed by atoms with Gasteiger partial charge in [-0.1, -0.05) is 30.3 Å². The van der Waals surface area contributed by atoms with Gasteiger partial charge in [0.2, 0.25) is 0 Å². The summed E-state index contributed by atoms with van der Waals surface area (Å²) >= 11 is 0. The fourth-order valence-electron chi connectivity index (χ4n) is 2.34. The maximum absolute atomic E-state index is 9.42. The summed E-state index contributed by atoms with van der Waals surface area (Å²) in [5.41, 5.74) is 6.44. The van der Waals surface area contributed by atoms with Crippen molar-refractivity contribution in [3.63, 3.8) is 0 Å². The Labute approximate surface area is 103 Å². The third kappa shape index (κ3) is 2.49. The Morgan fingerprint density at radius 3 is 2.59 bits per heavy atom. The van der Waals surface area contributed by atoms with E-state index in [1.54, 1.807) is 0 Å². The Morgan fingerprint density at radius 1 is 1.41 bits per heavy atom. The van der Waals surface area contributed by atoms with E-state index in [-0.39, 0.29) is 0 Å². The molecule has 0 bridgehead atoms. The highest BCUT2D eigenvalue weighted by atomic mass is 15.2. The van der Waals surface area contributed by atoms with Crippen LogP contribution in [0.4, 0.5) is 0 Å². The zero-order chi connectivity index (χ0) is 12.3. The predicted molar refractivity (Wildman–Crippen MR) is 68.3 cm³/mol. The summed E-state index contributed by atoms with van der Waals surface area (Å²) < 4.78 is 0. The highest BCUT2D eigenvalue weighted by molar-refractivity contribution is 5.22. The van der Waals surface area contributed by atoms with Crippen LogP contribution in [0.15, 0.2) is 30.3 Å². The molecule has 0 radical (unpaired) electrons. The van der Waals surface area contributed by atoms with Gasteiger partial charge >= 0.3 is 0 Å². The molecule has 1 heterocycles. The van der Waals surface area contributed by atoms with E-state index in [1.807, 2.05) is 25.1 Å². The number of benzene rings is 1. The van der Waals surface area contributed by atoms with E-state index >= 15 is 0 Å². The number of rotatable bonds is 4. The molecule has 1 aliphatic rings. The summed E-state index contributed by atoms with van der Waals surface area (Å²) in [6.45, 7) is 4.65. The van der Waals surface area contributed by atoms with Crippen molar-refractivity contribution < 1.29 is 0 Å². The van der Waals surface area contributed by atoms with Gasteiger partial charge in [-0.2, -0.15) is 5.26 Å². The van der Waals surface area contributed by atoms with E-state index in [9.17, 15) is 5.26 Å². The molecule has 1 aromatic carbocycles. The highest BCUT2D eigenvalue weighted by Crippen LogP contribution is 2.28. The van der Waals surface area contributed by atoms with Gasteiger partial charge in [-0.25, -0.2) is 0 Å². The van der Waals surface area contributed by atoms with Crippen LogP contribution in [0, 0.1) is 17.2 Å². The van der Waals surface area contributed by atoms with Crippen molar-refractivity contribution in [2.45, 2.75) is 18.9 Å². The van der Waals surface area contributed by atoms with Gasteiger partial charge in [0.15, 0.2) is 0 Å². The van der Waals surface area contributed by atoms with Crippen LogP contribution in [0.5, 0.6) is 0 Å². The molecule has 0 unspecified atom stereocenters. The van der Waals surface area contributed by atoms with Crippen molar-refractivity contribution in [2.75, 3.05) is 19.6 Å². The third-order valence-electron chi connectivity index (χ3n) is 3.62. The van der Waals surface area contributed by atoms with Gasteiger partial charge in [0.1, 0.15) is 5.54 Å². The van der Waals surface area contributed by atoms with Crippen molar-refractivity contribution >= 4 is 0 Å². The lowest BCUT2D eigenvalue weighted by atomic mass is 9.86. The van der Waals surface area contributed by atoms with E-state index in [2.05, 4.69) is 23.1 Å². The monoisotopic (exact) mass is 229 g/mol. The molecule has 0 aromatic heterocycles. The second-order valence-corrected chi connectivity index (χ2v) is 5.05. The number of nitrogens with zero attached hydrogens (tertiary/aromatic N) is 2. The lowest BCUT2D eigenvalue weighted by molar-refractivity contribution is 0.0285. The molecule has 90 valence electrons. The SMILES string of the molecule is C[C@](C#N)(Cc1ccccc1)N1CC(CN)C1. The zero-order valence-corrected chi connectivity index (χ0v) is 10.3. The van der Waals surface area contributed by atoms with Gasteiger partial charge in [-0.3, -0.25) is 4.90 Å². The second-order valence-electron chi connectivity index (χ2n) is 5.05. The molecule has 1 aromatic rings. The van der Waals surface area contributed by atoms with Crippen LogP contribution in [0.25, 0.3) is 0 Å². The van der Waals surface area contributed by atoms with Crippen molar-refractivity contribution in [2.24, 2.45) is 11.7 Å². The molecule has 17 heavy (non-hydrogen) atoms. The third-order valence-corrected chi connectivity index (χ3v) is 3.62. The molecule has 0 amide bonds. The number of hydrogen-bond donors (Lipinski definition) is 1. The van der Waals surface area contributed by atoms with Gasteiger partial charge in [0, 0.05) is 19.5 Å². The largest absolute Gasteiger partial charge is 0.330 e. The van der Waals surface area contributed by atoms with Gasteiger partial charge in [0.05, 0.1) is 6.07 Å². The number of hydrogen-bond acceptors (Lipinski definition) is 3.